The predicted octanol–water partition coefficient (Wildman–Crippen LogP) is 5.85. The summed E-state index contributed by atoms with van der Waals surface area (Å²) in [5.74, 6) is -0.385. The molecule has 0 aliphatic carbocycles. The van der Waals surface area contributed by atoms with Gasteiger partial charge in [0.05, 0.1) is 28.5 Å². The van der Waals surface area contributed by atoms with Gasteiger partial charge in [0.25, 0.3) is 11.8 Å². The third-order valence-electron chi connectivity index (χ3n) is 5.59. The van der Waals surface area contributed by atoms with Crippen molar-refractivity contribution < 1.29 is 9.59 Å². The normalized spacial score (nSPS) is 12.1. The van der Waals surface area contributed by atoms with Crippen LogP contribution in [-0.2, 0) is 6.54 Å². The van der Waals surface area contributed by atoms with Crippen molar-refractivity contribution in [3.05, 3.63) is 112 Å². The van der Waals surface area contributed by atoms with Gasteiger partial charge in [0.15, 0.2) is 0 Å². The Morgan fingerprint density at radius 3 is 2.41 bits per heavy atom. The van der Waals surface area contributed by atoms with Gasteiger partial charge >= 0.3 is 0 Å². The molecule has 1 aromatic heterocycles. The summed E-state index contributed by atoms with van der Waals surface area (Å²) >= 11 is 6.20. The number of benzene rings is 3. The number of rotatable bonds is 3. The number of aryl methyl sites for hydroxylation is 1. The number of nitrogens with zero attached hydrogens (tertiary/aromatic N) is 2. The number of halogens is 1. The second kappa shape index (κ2) is 8.02. The lowest BCUT2D eigenvalue weighted by molar-refractivity contribution is 0.0982. The van der Waals surface area contributed by atoms with Gasteiger partial charge < -0.3 is 14.8 Å². The van der Waals surface area contributed by atoms with Gasteiger partial charge in [-0.3, -0.25) is 9.59 Å². The number of carbonyl (C=O) groups is 2. The first-order chi connectivity index (χ1) is 15.5. The van der Waals surface area contributed by atoms with Gasteiger partial charge in [-0.2, -0.15) is 0 Å². The van der Waals surface area contributed by atoms with Crippen LogP contribution in [0.25, 0.3) is 5.69 Å². The molecule has 0 fully saturated rings. The van der Waals surface area contributed by atoms with Crippen LogP contribution in [0, 0.1) is 6.92 Å². The summed E-state index contributed by atoms with van der Waals surface area (Å²) in [6.45, 7) is 2.41. The molecule has 2 amide bonds. The molecule has 0 spiro atoms. The second-order valence-electron chi connectivity index (χ2n) is 7.76. The van der Waals surface area contributed by atoms with E-state index in [-0.39, 0.29) is 11.8 Å². The number of fused-ring (bicyclic) bond motifs is 3. The molecule has 0 radical (unpaired) electrons. The molecule has 5 nitrogen and oxygen atoms in total. The van der Waals surface area contributed by atoms with E-state index in [0.717, 1.165) is 22.6 Å². The fraction of sp³-hybridized carbons (Fsp3) is 0.0769. The Hall–Kier alpha value is -3.83. The van der Waals surface area contributed by atoms with E-state index in [1.807, 2.05) is 55.6 Å². The van der Waals surface area contributed by atoms with Crippen LogP contribution < -0.4 is 10.2 Å². The number of hydrogen-bond donors (Lipinski definition) is 1. The third kappa shape index (κ3) is 3.57. The van der Waals surface area contributed by atoms with Crippen LogP contribution in [-0.4, -0.2) is 16.4 Å². The van der Waals surface area contributed by atoms with Crippen molar-refractivity contribution in [1.82, 2.24) is 4.57 Å². The van der Waals surface area contributed by atoms with Crippen molar-refractivity contribution in [2.75, 3.05) is 10.2 Å². The zero-order valence-corrected chi connectivity index (χ0v) is 18.1. The number of carbonyl (C=O) groups excluding carboxylic acids is 2. The van der Waals surface area contributed by atoms with E-state index in [1.165, 1.54) is 0 Å². The molecule has 1 aliphatic rings. The Morgan fingerprint density at radius 2 is 1.66 bits per heavy atom. The molecule has 6 heteroatoms. The number of anilines is 2. The van der Waals surface area contributed by atoms with E-state index in [0.29, 0.717) is 28.4 Å². The molecule has 0 unspecified atom stereocenters. The highest BCUT2D eigenvalue weighted by atomic mass is 35.5. The minimum atomic E-state index is -0.292. The van der Waals surface area contributed by atoms with Gasteiger partial charge in [0.1, 0.15) is 0 Å². The van der Waals surface area contributed by atoms with Crippen LogP contribution in [0.2, 0.25) is 5.02 Å². The van der Waals surface area contributed by atoms with Gasteiger partial charge in [0.2, 0.25) is 0 Å². The maximum atomic E-state index is 13.3. The molecule has 3 aromatic carbocycles. The number of nitrogens with one attached hydrogen (secondary N) is 1. The summed E-state index contributed by atoms with van der Waals surface area (Å²) in [5, 5.41) is 3.24. The van der Waals surface area contributed by atoms with Gasteiger partial charge in [-0.25, -0.2) is 0 Å². The maximum absolute atomic E-state index is 13.3. The fourth-order valence-electron chi connectivity index (χ4n) is 3.96. The smallest absolute Gasteiger partial charge is 0.258 e. The maximum Gasteiger partial charge on any atom is 0.258 e. The molecule has 158 valence electrons. The quantitative estimate of drug-likeness (QED) is 0.433. The molecule has 2 heterocycles. The van der Waals surface area contributed by atoms with Crippen LogP contribution in [0.3, 0.4) is 0 Å². The van der Waals surface area contributed by atoms with Crippen molar-refractivity contribution in [3.8, 4) is 5.69 Å². The van der Waals surface area contributed by atoms with Crippen LogP contribution in [0.15, 0.2) is 85.1 Å². The number of aromatic nitrogens is 1. The third-order valence-corrected chi connectivity index (χ3v) is 5.90. The molecule has 4 aromatic rings. The van der Waals surface area contributed by atoms with E-state index in [4.69, 9.17) is 11.6 Å². The lowest BCUT2D eigenvalue weighted by Crippen LogP contribution is -2.34. The lowest BCUT2D eigenvalue weighted by Gasteiger charge is -2.31. The molecule has 0 saturated carbocycles. The topological polar surface area (TPSA) is 54.3 Å². The van der Waals surface area contributed by atoms with Crippen molar-refractivity contribution in [3.63, 3.8) is 0 Å². The lowest BCUT2D eigenvalue weighted by atomic mass is 10.1. The molecule has 1 aliphatic heterocycles. The molecular formula is C26H20ClN3O2. The standard InChI is InChI=1S/C26H20ClN3O2/c1-17-8-13-21(22(27)15-17)25(31)28-19-11-9-18(10-12-19)26(32)30-16-20-5-4-14-29(20)23-6-2-3-7-24(23)30/h2-15H,16H2,1H3,(H,28,31). The van der Waals surface area contributed by atoms with Crippen molar-refractivity contribution in [2.45, 2.75) is 13.5 Å². The first kappa shape index (κ1) is 20.1. The molecule has 0 saturated heterocycles. The van der Waals surface area contributed by atoms with E-state index in [1.54, 1.807) is 41.3 Å². The first-order valence-electron chi connectivity index (χ1n) is 10.3. The first-order valence-corrected chi connectivity index (χ1v) is 10.6. The fourth-order valence-corrected chi connectivity index (χ4v) is 4.28. The van der Waals surface area contributed by atoms with Gasteiger partial charge in [-0.15, -0.1) is 0 Å². The molecule has 5 rings (SSSR count). The van der Waals surface area contributed by atoms with Crippen LogP contribution in [0.5, 0.6) is 0 Å². The Bertz CT molecular complexity index is 1340. The number of para-hydroxylation sites is 2. The Morgan fingerprint density at radius 1 is 0.906 bits per heavy atom. The van der Waals surface area contributed by atoms with E-state index in [2.05, 4.69) is 9.88 Å². The summed E-state index contributed by atoms with van der Waals surface area (Å²) in [4.78, 5) is 27.7. The zero-order chi connectivity index (χ0) is 22.2. The summed E-state index contributed by atoms with van der Waals surface area (Å²) < 4.78 is 2.11. The predicted molar refractivity (Wildman–Crippen MR) is 127 cm³/mol. The zero-order valence-electron chi connectivity index (χ0n) is 17.4. The average molecular weight is 442 g/mol. The number of hydrogen-bond acceptors (Lipinski definition) is 2. The molecule has 1 N–H and O–H groups in total. The largest absolute Gasteiger partial charge is 0.322 e. The van der Waals surface area contributed by atoms with Crippen LogP contribution in [0.4, 0.5) is 11.4 Å². The van der Waals surface area contributed by atoms with E-state index < -0.39 is 0 Å². The summed E-state index contributed by atoms with van der Waals surface area (Å²) in [5.41, 5.74) is 5.43. The molecule has 32 heavy (non-hydrogen) atoms. The van der Waals surface area contributed by atoms with E-state index in [9.17, 15) is 9.59 Å². The summed E-state index contributed by atoms with van der Waals surface area (Å²) in [6, 6.07) is 24.1. The minimum absolute atomic E-state index is 0.0932. The molecular weight excluding hydrogens is 422 g/mol. The highest BCUT2D eigenvalue weighted by molar-refractivity contribution is 6.34. The summed E-state index contributed by atoms with van der Waals surface area (Å²) in [7, 11) is 0. The molecule has 0 bridgehead atoms. The van der Waals surface area contributed by atoms with Crippen molar-refractivity contribution >= 4 is 34.8 Å². The number of amides is 2. The van der Waals surface area contributed by atoms with Gasteiger partial charge in [-0.1, -0.05) is 29.8 Å². The monoisotopic (exact) mass is 441 g/mol. The van der Waals surface area contributed by atoms with Crippen molar-refractivity contribution in [2.24, 2.45) is 0 Å². The average Bonchev–Trinajstić information content (AvgIpc) is 3.27. The second-order valence-corrected chi connectivity index (χ2v) is 8.17. The van der Waals surface area contributed by atoms with Crippen LogP contribution in [0.1, 0.15) is 32.0 Å². The van der Waals surface area contributed by atoms with Crippen LogP contribution >= 0.6 is 11.6 Å². The Kier molecular flexibility index (Phi) is 5.04. The minimum Gasteiger partial charge on any atom is -0.322 e. The van der Waals surface area contributed by atoms with Gasteiger partial charge in [-0.05, 0) is 73.2 Å². The van der Waals surface area contributed by atoms with Gasteiger partial charge in [0, 0.05) is 23.1 Å². The van der Waals surface area contributed by atoms with Crippen molar-refractivity contribution in [1.29, 1.82) is 0 Å². The highest BCUT2D eigenvalue weighted by Gasteiger charge is 2.26. The highest BCUT2D eigenvalue weighted by Crippen LogP contribution is 2.33. The Labute approximate surface area is 190 Å². The Balaban J connectivity index is 1.37. The molecule has 0 atom stereocenters. The van der Waals surface area contributed by atoms with E-state index >= 15 is 0 Å². The summed E-state index contributed by atoms with van der Waals surface area (Å²) in [6.07, 6.45) is 2.01. The SMILES string of the molecule is Cc1ccc(C(=O)Nc2ccc(C(=O)N3Cc4cccn4-c4ccccc43)cc2)c(Cl)c1.